The number of carbonyl (C=O) groups is 1. The Labute approximate surface area is 168 Å². The Morgan fingerprint density at radius 1 is 1.15 bits per heavy atom. The second-order valence-corrected chi connectivity index (χ2v) is 7.42. The maximum Gasteiger partial charge on any atom is 0.236 e. The summed E-state index contributed by atoms with van der Waals surface area (Å²) in [6.45, 7) is 8.59. The molecule has 0 saturated heterocycles. The summed E-state index contributed by atoms with van der Waals surface area (Å²) in [7, 11) is 0. The molecule has 0 aliphatic carbocycles. The van der Waals surface area contributed by atoms with E-state index < -0.39 is 0 Å². The van der Waals surface area contributed by atoms with Crippen molar-refractivity contribution in [2.75, 3.05) is 13.2 Å². The van der Waals surface area contributed by atoms with Crippen LogP contribution in [0.3, 0.4) is 0 Å². The number of ether oxygens (including phenoxy) is 2. The van der Waals surface area contributed by atoms with E-state index in [-0.39, 0.29) is 5.91 Å². The molecule has 0 fully saturated rings. The van der Waals surface area contributed by atoms with Gasteiger partial charge in [-0.3, -0.25) is 4.79 Å². The fraction of sp³-hybridized carbons (Fsp3) is 0.333. The van der Waals surface area contributed by atoms with Crippen LogP contribution in [0.5, 0.6) is 11.5 Å². The largest absolute Gasteiger partial charge is 0.490 e. The van der Waals surface area contributed by atoms with Crippen LogP contribution in [-0.4, -0.2) is 25.3 Å². The van der Waals surface area contributed by atoms with E-state index in [1.165, 1.54) is 18.1 Å². The van der Waals surface area contributed by atoms with Gasteiger partial charge in [-0.1, -0.05) is 41.9 Å². The Balaban J connectivity index is 1.99. The predicted molar refractivity (Wildman–Crippen MR) is 112 cm³/mol. The lowest BCUT2D eigenvalue weighted by molar-refractivity contribution is -0.118. The van der Waals surface area contributed by atoms with Crippen molar-refractivity contribution in [3.63, 3.8) is 0 Å². The van der Waals surface area contributed by atoms with Gasteiger partial charge >= 0.3 is 0 Å². The van der Waals surface area contributed by atoms with Gasteiger partial charge in [-0.15, -0.1) is 0 Å². The molecular formula is C21H25BrN2O3. The molecule has 0 radical (unpaired) electrons. The first-order chi connectivity index (χ1) is 12.9. The van der Waals surface area contributed by atoms with Crippen LogP contribution in [0.2, 0.25) is 0 Å². The maximum atomic E-state index is 10.9. The Kier molecular flexibility index (Phi) is 7.85. The average molecular weight is 433 g/mol. The molecule has 27 heavy (non-hydrogen) atoms. The highest BCUT2D eigenvalue weighted by Crippen LogP contribution is 2.27. The first-order valence-corrected chi connectivity index (χ1v) is 9.61. The summed E-state index contributed by atoms with van der Waals surface area (Å²) in [5.41, 5.74) is 5.50. The molecule has 0 atom stereocenters. The lowest BCUT2D eigenvalue weighted by atomic mass is 10.0. The van der Waals surface area contributed by atoms with Crippen molar-refractivity contribution >= 4 is 28.1 Å². The molecule has 2 aromatic carbocycles. The number of aryl methyl sites for hydroxylation is 1. The zero-order valence-corrected chi connectivity index (χ0v) is 17.7. The van der Waals surface area contributed by atoms with Gasteiger partial charge in [0.05, 0.1) is 6.21 Å². The van der Waals surface area contributed by atoms with E-state index in [1.807, 2.05) is 18.2 Å². The molecule has 144 valence electrons. The molecule has 2 rings (SSSR count). The third-order valence-electron chi connectivity index (χ3n) is 3.79. The van der Waals surface area contributed by atoms with E-state index in [2.05, 4.69) is 65.4 Å². The fourth-order valence-corrected chi connectivity index (χ4v) is 2.87. The van der Waals surface area contributed by atoms with E-state index in [1.54, 1.807) is 6.21 Å². The summed E-state index contributed by atoms with van der Waals surface area (Å²) in [5.74, 6) is 1.74. The number of halogens is 1. The SMILES string of the molecule is CC(=O)N/N=C/c1cc(Br)ccc1OCCOc1cc(C)ccc1C(C)C. The highest BCUT2D eigenvalue weighted by atomic mass is 79.9. The van der Waals surface area contributed by atoms with Crippen molar-refractivity contribution < 1.29 is 14.3 Å². The van der Waals surface area contributed by atoms with Gasteiger partial charge in [-0.2, -0.15) is 5.10 Å². The summed E-state index contributed by atoms with van der Waals surface area (Å²) < 4.78 is 12.7. The zero-order valence-electron chi connectivity index (χ0n) is 16.1. The molecular weight excluding hydrogens is 408 g/mol. The minimum absolute atomic E-state index is 0.226. The van der Waals surface area contributed by atoms with Crippen molar-refractivity contribution in [2.45, 2.75) is 33.6 Å². The Hall–Kier alpha value is -2.34. The van der Waals surface area contributed by atoms with Crippen molar-refractivity contribution in [1.29, 1.82) is 0 Å². The Morgan fingerprint density at radius 3 is 2.52 bits per heavy atom. The molecule has 0 aliphatic heterocycles. The molecule has 0 saturated carbocycles. The summed E-state index contributed by atoms with van der Waals surface area (Å²) in [6.07, 6.45) is 1.56. The average Bonchev–Trinajstić information content (AvgIpc) is 2.59. The molecule has 0 unspecified atom stereocenters. The fourth-order valence-electron chi connectivity index (χ4n) is 2.49. The van der Waals surface area contributed by atoms with E-state index in [0.717, 1.165) is 15.8 Å². The third-order valence-corrected chi connectivity index (χ3v) is 4.28. The molecule has 1 amide bonds. The number of rotatable bonds is 8. The van der Waals surface area contributed by atoms with Crippen molar-refractivity contribution in [1.82, 2.24) is 5.43 Å². The Morgan fingerprint density at radius 2 is 1.85 bits per heavy atom. The molecule has 0 spiro atoms. The van der Waals surface area contributed by atoms with Gasteiger partial charge in [-0.25, -0.2) is 5.43 Å². The molecule has 2 aromatic rings. The monoisotopic (exact) mass is 432 g/mol. The molecule has 5 nitrogen and oxygen atoms in total. The summed E-state index contributed by atoms with van der Waals surface area (Å²) in [4.78, 5) is 10.9. The molecule has 1 N–H and O–H groups in total. The smallest absolute Gasteiger partial charge is 0.236 e. The summed E-state index contributed by atoms with van der Waals surface area (Å²) in [6, 6.07) is 11.9. The number of hydrogen-bond acceptors (Lipinski definition) is 4. The highest BCUT2D eigenvalue weighted by molar-refractivity contribution is 9.10. The number of carbonyl (C=O) groups excluding carboxylic acids is 1. The predicted octanol–water partition coefficient (Wildman–Crippen LogP) is 4.81. The van der Waals surface area contributed by atoms with Crippen LogP contribution >= 0.6 is 15.9 Å². The van der Waals surface area contributed by atoms with E-state index in [0.29, 0.717) is 24.9 Å². The van der Waals surface area contributed by atoms with Crippen molar-refractivity contribution in [3.05, 3.63) is 57.6 Å². The molecule has 0 aromatic heterocycles. The van der Waals surface area contributed by atoms with Crippen LogP contribution in [0.15, 0.2) is 46.0 Å². The van der Waals surface area contributed by atoms with Gasteiger partial charge in [0, 0.05) is 17.0 Å². The number of hydrazone groups is 1. The van der Waals surface area contributed by atoms with Crippen LogP contribution in [0.25, 0.3) is 0 Å². The number of amides is 1. The van der Waals surface area contributed by atoms with E-state index in [4.69, 9.17) is 9.47 Å². The quantitative estimate of drug-likeness (QED) is 0.369. The van der Waals surface area contributed by atoms with Crippen molar-refractivity contribution in [3.8, 4) is 11.5 Å². The van der Waals surface area contributed by atoms with Gasteiger partial charge in [0.15, 0.2) is 0 Å². The van der Waals surface area contributed by atoms with E-state index in [9.17, 15) is 4.79 Å². The van der Waals surface area contributed by atoms with Crippen LogP contribution in [0, 0.1) is 6.92 Å². The van der Waals surface area contributed by atoms with Gasteiger partial charge in [-0.05, 0) is 48.2 Å². The minimum Gasteiger partial charge on any atom is -0.490 e. The molecule has 0 heterocycles. The molecule has 0 aliphatic rings. The topological polar surface area (TPSA) is 59.9 Å². The maximum absolute atomic E-state index is 10.9. The van der Waals surface area contributed by atoms with E-state index >= 15 is 0 Å². The normalized spacial score (nSPS) is 11.0. The van der Waals surface area contributed by atoms with Gasteiger partial charge in [0.2, 0.25) is 5.91 Å². The number of nitrogens with one attached hydrogen (secondary N) is 1. The van der Waals surface area contributed by atoms with Gasteiger partial charge in [0.25, 0.3) is 0 Å². The highest BCUT2D eigenvalue weighted by Gasteiger charge is 2.09. The van der Waals surface area contributed by atoms with Crippen LogP contribution in [0.4, 0.5) is 0 Å². The first kappa shape index (κ1) is 21.0. The summed E-state index contributed by atoms with van der Waals surface area (Å²) in [5, 5.41) is 3.90. The second-order valence-electron chi connectivity index (χ2n) is 6.50. The first-order valence-electron chi connectivity index (χ1n) is 8.82. The zero-order chi connectivity index (χ0) is 19.8. The second kappa shape index (κ2) is 10.1. The van der Waals surface area contributed by atoms with Gasteiger partial charge < -0.3 is 9.47 Å². The molecule has 6 heteroatoms. The van der Waals surface area contributed by atoms with Crippen LogP contribution in [0.1, 0.15) is 43.4 Å². The number of benzene rings is 2. The van der Waals surface area contributed by atoms with Crippen LogP contribution in [-0.2, 0) is 4.79 Å². The minimum atomic E-state index is -0.226. The standard InChI is InChI=1S/C21H25BrN2O3/c1-14(2)19-7-5-15(3)11-21(19)27-10-9-26-20-8-6-18(22)12-17(20)13-23-24-16(4)25/h5-8,11-14H,9-10H2,1-4H3,(H,24,25)/b23-13+. The number of nitrogens with zero attached hydrogens (tertiary/aromatic N) is 1. The van der Waals surface area contributed by atoms with Crippen molar-refractivity contribution in [2.24, 2.45) is 5.10 Å². The van der Waals surface area contributed by atoms with Crippen LogP contribution < -0.4 is 14.9 Å². The number of hydrogen-bond donors (Lipinski definition) is 1. The summed E-state index contributed by atoms with van der Waals surface area (Å²) >= 11 is 3.43. The Bertz CT molecular complexity index is 819. The molecule has 0 bridgehead atoms. The third kappa shape index (κ3) is 6.71. The van der Waals surface area contributed by atoms with Gasteiger partial charge in [0.1, 0.15) is 24.7 Å². The lowest BCUT2D eigenvalue weighted by Crippen LogP contribution is -2.13. The lowest BCUT2D eigenvalue weighted by Gasteiger charge is -2.15.